The van der Waals surface area contributed by atoms with Gasteiger partial charge in [0.25, 0.3) is 0 Å². The first-order valence-electron chi connectivity index (χ1n) is 8.11. The molecule has 0 unspecified atom stereocenters. The van der Waals surface area contributed by atoms with Crippen molar-refractivity contribution in [3.8, 4) is 0 Å². The molecule has 1 fully saturated rings. The topological polar surface area (TPSA) is 52.6 Å². The van der Waals surface area contributed by atoms with E-state index in [0.717, 1.165) is 31.6 Å². The molecule has 1 aromatic carbocycles. The molecule has 22 heavy (non-hydrogen) atoms. The van der Waals surface area contributed by atoms with Gasteiger partial charge in [-0.3, -0.25) is 4.79 Å². The summed E-state index contributed by atoms with van der Waals surface area (Å²) in [5.41, 5.74) is 3.36. The van der Waals surface area contributed by atoms with Crippen molar-refractivity contribution in [2.24, 2.45) is 5.41 Å². The van der Waals surface area contributed by atoms with Crippen LogP contribution in [0.1, 0.15) is 36.8 Å². The molecule has 0 heterocycles. The highest BCUT2D eigenvalue weighted by Crippen LogP contribution is 2.40. The Bertz CT molecular complexity index is 518. The fourth-order valence-electron chi connectivity index (χ4n) is 3.03. The summed E-state index contributed by atoms with van der Waals surface area (Å²) in [4.78, 5) is 14.2. The van der Waals surface area contributed by atoms with E-state index in [2.05, 4.69) is 17.1 Å². The first kappa shape index (κ1) is 17.0. The second kappa shape index (κ2) is 7.25. The number of nitrogens with one attached hydrogen (secondary N) is 1. The molecule has 0 radical (unpaired) electrons. The SMILES string of the molecule is Cc1ccc(NC(=O)CCN(C)CC2(CO)CCC2)cc1C. The van der Waals surface area contributed by atoms with Crippen LogP contribution >= 0.6 is 0 Å². The van der Waals surface area contributed by atoms with E-state index in [1.165, 1.54) is 17.5 Å². The monoisotopic (exact) mass is 304 g/mol. The first-order chi connectivity index (χ1) is 10.4. The van der Waals surface area contributed by atoms with E-state index in [1.807, 2.05) is 32.2 Å². The Hall–Kier alpha value is -1.39. The van der Waals surface area contributed by atoms with Crippen LogP contribution in [0.4, 0.5) is 5.69 Å². The molecule has 2 rings (SSSR count). The molecule has 0 bridgehead atoms. The molecular weight excluding hydrogens is 276 g/mol. The molecule has 1 saturated carbocycles. The quantitative estimate of drug-likeness (QED) is 0.814. The third-order valence-corrected chi connectivity index (χ3v) is 4.87. The van der Waals surface area contributed by atoms with Crippen LogP contribution in [0.3, 0.4) is 0 Å². The summed E-state index contributed by atoms with van der Waals surface area (Å²) >= 11 is 0. The zero-order valence-corrected chi connectivity index (χ0v) is 14.0. The smallest absolute Gasteiger partial charge is 0.225 e. The van der Waals surface area contributed by atoms with Crippen molar-refractivity contribution in [2.45, 2.75) is 39.5 Å². The molecule has 1 amide bonds. The second-order valence-corrected chi connectivity index (χ2v) is 6.85. The summed E-state index contributed by atoms with van der Waals surface area (Å²) in [5.74, 6) is 0.0433. The Balaban J connectivity index is 1.76. The highest BCUT2D eigenvalue weighted by molar-refractivity contribution is 5.90. The van der Waals surface area contributed by atoms with Crippen LogP contribution in [0, 0.1) is 19.3 Å². The molecule has 2 N–H and O–H groups in total. The number of nitrogens with zero attached hydrogens (tertiary/aromatic N) is 1. The van der Waals surface area contributed by atoms with E-state index in [4.69, 9.17) is 0 Å². The van der Waals surface area contributed by atoms with Gasteiger partial charge >= 0.3 is 0 Å². The summed E-state index contributed by atoms with van der Waals surface area (Å²) < 4.78 is 0. The number of carbonyl (C=O) groups is 1. The van der Waals surface area contributed by atoms with E-state index in [1.54, 1.807) is 0 Å². The first-order valence-corrected chi connectivity index (χ1v) is 8.11. The van der Waals surface area contributed by atoms with Crippen molar-refractivity contribution >= 4 is 11.6 Å². The Morgan fingerprint density at radius 2 is 2.05 bits per heavy atom. The van der Waals surface area contributed by atoms with Gasteiger partial charge in [-0.25, -0.2) is 0 Å². The number of carbonyl (C=O) groups excluding carboxylic acids is 1. The van der Waals surface area contributed by atoms with Crippen molar-refractivity contribution in [3.63, 3.8) is 0 Å². The van der Waals surface area contributed by atoms with Crippen LogP contribution in [0.2, 0.25) is 0 Å². The van der Waals surface area contributed by atoms with Crippen molar-refractivity contribution in [2.75, 3.05) is 32.1 Å². The van der Waals surface area contributed by atoms with Crippen molar-refractivity contribution < 1.29 is 9.90 Å². The minimum atomic E-state index is 0.0433. The minimum Gasteiger partial charge on any atom is -0.396 e. The van der Waals surface area contributed by atoms with Crippen LogP contribution in [0.5, 0.6) is 0 Å². The van der Waals surface area contributed by atoms with E-state index in [-0.39, 0.29) is 17.9 Å². The Morgan fingerprint density at radius 3 is 2.59 bits per heavy atom. The summed E-state index contributed by atoms with van der Waals surface area (Å²) in [7, 11) is 2.03. The molecule has 0 aromatic heterocycles. The maximum atomic E-state index is 12.0. The zero-order chi connectivity index (χ0) is 16.2. The van der Waals surface area contributed by atoms with E-state index >= 15 is 0 Å². The molecule has 0 atom stereocenters. The predicted molar refractivity (Wildman–Crippen MR) is 90.0 cm³/mol. The third-order valence-electron chi connectivity index (χ3n) is 4.87. The number of aliphatic hydroxyl groups excluding tert-OH is 1. The summed E-state index contributed by atoms with van der Waals surface area (Å²) in [6, 6.07) is 5.98. The Labute approximate surface area is 133 Å². The van der Waals surface area contributed by atoms with E-state index in [0.29, 0.717) is 6.42 Å². The van der Waals surface area contributed by atoms with Gasteiger partial charge in [-0.05, 0) is 57.0 Å². The number of aliphatic hydroxyl groups is 1. The number of rotatable bonds is 7. The average Bonchev–Trinajstić information content (AvgIpc) is 2.45. The fourth-order valence-corrected chi connectivity index (χ4v) is 3.03. The predicted octanol–water partition coefficient (Wildman–Crippen LogP) is 2.73. The number of hydrogen-bond acceptors (Lipinski definition) is 3. The molecule has 0 aliphatic heterocycles. The zero-order valence-electron chi connectivity index (χ0n) is 14.0. The van der Waals surface area contributed by atoms with Crippen LogP contribution < -0.4 is 5.32 Å². The minimum absolute atomic E-state index is 0.0433. The molecule has 4 heteroatoms. The lowest BCUT2D eigenvalue weighted by Crippen LogP contribution is -2.44. The maximum absolute atomic E-state index is 12.0. The van der Waals surface area contributed by atoms with Crippen LogP contribution in [-0.2, 0) is 4.79 Å². The summed E-state index contributed by atoms with van der Waals surface area (Å²) in [6.07, 6.45) is 3.89. The lowest BCUT2D eigenvalue weighted by Gasteiger charge is -2.43. The van der Waals surface area contributed by atoms with Gasteiger partial charge in [0, 0.05) is 37.2 Å². The molecule has 1 aromatic rings. The van der Waals surface area contributed by atoms with Crippen LogP contribution in [0.25, 0.3) is 0 Å². The molecule has 0 saturated heterocycles. The number of anilines is 1. The van der Waals surface area contributed by atoms with Gasteiger partial charge in [0.15, 0.2) is 0 Å². The lowest BCUT2D eigenvalue weighted by atomic mass is 9.69. The highest BCUT2D eigenvalue weighted by atomic mass is 16.3. The highest BCUT2D eigenvalue weighted by Gasteiger charge is 2.37. The lowest BCUT2D eigenvalue weighted by molar-refractivity contribution is -0.116. The van der Waals surface area contributed by atoms with Gasteiger partial charge in [0.1, 0.15) is 0 Å². The van der Waals surface area contributed by atoms with Crippen LogP contribution in [-0.4, -0.2) is 42.7 Å². The van der Waals surface area contributed by atoms with E-state index < -0.39 is 0 Å². The Kier molecular flexibility index (Phi) is 5.59. The van der Waals surface area contributed by atoms with Gasteiger partial charge in [0.2, 0.25) is 5.91 Å². The fraction of sp³-hybridized carbons (Fsp3) is 0.611. The van der Waals surface area contributed by atoms with Crippen molar-refractivity contribution in [3.05, 3.63) is 29.3 Å². The molecule has 4 nitrogen and oxygen atoms in total. The normalized spacial score (nSPS) is 16.4. The standard InChI is InChI=1S/C18H28N2O2/c1-14-5-6-16(11-15(14)2)19-17(22)7-10-20(3)12-18(13-21)8-4-9-18/h5-6,11,21H,4,7-10,12-13H2,1-3H3,(H,19,22). The molecule has 1 aliphatic carbocycles. The molecule has 122 valence electrons. The van der Waals surface area contributed by atoms with Crippen molar-refractivity contribution in [1.29, 1.82) is 0 Å². The largest absolute Gasteiger partial charge is 0.396 e. The molecule has 0 spiro atoms. The molecular formula is C18H28N2O2. The summed E-state index contributed by atoms with van der Waals surface area (Å²) in [6.45, 7) is 5.96. The Morgan fingerprint density at radius 1 is 1.32 bits per heavy atom. The van der Waals surface area contributed by atoms with Gasteiger partial charge in [0.05, 0.1) is 0 Å². The van der Waals surface area contributed by atoms with Crippen molar-refractivity contribution in [1.82, 2.24) is 4.90 Å². The molecule has 1 aliphatic rings. The third kappa shape index (κ3) is 4.31. The van der Waals surface area contributed by atoms with Gasteiger partial charge in [-0.1, -0.05) is 12.5 Å². The van der Waals surface area contributed by atoms with Gasteiger partial charge in [-0.15, -0.1) is 0 Å². The number of benzene rings is 1. The number of hydrogen-bond donors (Lipinski definition) is 2. The van der Waals surface area contributed by atoms with Gasteiger partial charge < -0.3 is 15.3 Å². The maximum Gasteiger partial charge on any atom is 0.225 e. The number of amides is 1. The van der Waals surface area contributed by atoms with E-state index in [9.17, 15) is 9.90 Å². The second-order valence-electron chi connectivity index (χ2n) is 6.85. The van der Waals surface area contributed by atoms with Gasteiger partial charge in [-0.2, -0.15) is 0 Å². The summed E-state index contributed by atoms with van der Waals surface area (Å²) in [5, 5.41) is 12.5. The van der Waals surface area contributed by atoms with Crippen LogP contribution in [0.15, 0.2) is 18.2 Å². The number of aryl methyl sites for hydroxylation is 2. The average molecular weight is 304 g/mol.